The third-order valence-corrected chi connectivity index (χ3v) is 3.80. The largest absolute Gasteiger partial charge is 0.389 e. The van der Waals surface area contributed by atoms with Gasteiger partial charge in [0.05, 0.1) is 0 Å². The molecule has 1 aromatic heterocycles. The van der Waals surface area contributed by atoms with Crippen molar-refractivity contribution in [2.45, 2.75) is 6.54 Å². The molecule has 0 unspecified atom stereocenters. The van der Waals surface area contributed by atoms with Crippen molar-refractivity contribution in [1.29, 1.82) is 0 Å². The third kappa shape index (κ3) is 3.52. The molecular formula is C14H14BrN3S. The van der Waals surface area contributed by atoms with Crippen LogP contribution < -0.4 is 10.6 Å². The normalized spacial score (nSPS) is 10.2. The van der Waals surface area contributed by atoms with Crippen LogP contribution >= 0.6 is 28.1 Å². The summed E-state index contributed by atoms with van der Waals surface area (Å²) < 4.78 is 1.10. The van der Waals surface area contributed by atoms with Crippen LogP contribution in [-0.2, 0) is 6.54 Å². The quantitative estimate of drug-likeness (QED) is 0.871. The highest BCUT2D eigenvalue weighted by molar-refractivity contribution is 9.10. The van der Waals surface area contributed by atoms with Crippen LogP contribution in [0.3, 0.4) is 0 Å². The molecule has 2 N–H and O–H groups in total. The molecule has 0 atom stereocenters. The number of hydrogen-bond acceptors (Lipinski definition) is 3. The number of hydrogen-bond donors (Lipinski definition) is 1. The van der Waals surface area contributed by atoms with Gasteiger partial charge in [-0.2, -0.15) is 0 Å². The van der Waals surface area contributed by atoms with Crippen molar-refractivity contribution >= 4 is 39.0 Å². The molecule has 0 radical (unpaired) electrons. The zero-order valence-corrected chi connectivity index (χ0v) is 12.9. The Morgan fingerprint density at radius 1 is 1.32 bits per heavy atom. The van der Waals surface area contributed by atoms with Gasteiger partial charge in [-0.15, -0.1) is 0 Å². The number of halogens is 1. The minimum absolute atomic E-state index is 0.368. The molecule has 0 fully saturated rings. The fourth-order valence-corrected chi connectivity index (χ4v) is 2.25. The fourth-order valence-electron chi connectivity index (χ4n) is 1.72. The molecule has 1 aromatic carbocycles. The molecule has 0 amide bonds. The summed E-state index contributed by atoms with van der Waals surface area (Å²) in [6.45, 7) is 0.779. The van der Waals surface area contributed by atoms with E-state index < -0.39 is 0 Å². The molecule has 2 aromatic rings. The maximum atomic E-state index is 5.55. The van der Waals surface area contributed by atoms with Crippen molar-refractivity contribution in [3.63, 3.8) is 0 Å². The molecule has 1 heterocycles. The number of benzene rings is 1. The summed E-state index contributed by atoms with van der Waals surface area (Å²) in [4.78, 5) is 6.81. The highest BCUT2D eigenvalue weighted by atomic mass is 79.9. The Bertz CT molecular complexity index is 583. The Morgan fingerprint density at radius 3 is 2.63 bits per heavy atom. The highest BCUT2D eigenvalue weighted by Crippen LogP contribution is 2.19. The van der Waals surface area contributed by atoms with E-state index in [1.54, 1.807) is 6.20 Å². The van der Waals surface area contributed by atoms with E-state index in [2.05, 4.69) is 31.9 Å². The van der Waals surface area contributed by atoms with Gasteiger partial charge < -0.3 is 10.6 Å². The Kier molecular flexibility index (Phi) is 4.50. The first-order valence-electron chi connectivity index (χ1n) is 5.78. The van der Waals surface area contributed by atoms with Gasteiger partial charge in [0.15, 0.2) is 0 Å². The van der Waals surface area contributed by atoms with E-state index in [1.165, 1.54) is 5.56 Å². The SMILES string of the molecule is CN(Cc1ccccc1Br)c1ccc(C(N)=S)cn1. The standard InChI is InChI=1S/C14H14BrN3S/c1-18(9-11-4-2-3-5-12(11)15)13-7-6-10(8-17-13)14(16)19/h2-8H,9H2,1H3,(H2,16,19). The van der Waals surface area contributed by atoms with E-state index in [0.29, 0.717) is 4.99 Å². The lowest BCUT2D eigenvalue weighted by molar-refractivity contribution is 0.894. The van der Waals surface area contributed by atoms with Crippen molar-refractivity contribution in [3.05, 3.63) is 58.2 Å². The van der Waals surface area contributed by atoms with Gasteiger partial charge in [0.1, 0.15) is 10.8 Å². The van der Waals surface area contributed by atoms with Crippen LogP contribution in [-0.4, -0.2) is 17.0 Å². The van der Waals surface area contributed by atoms with E-state index in [9.17, 15) is 0 Å². The fraction of sp³-hybridized carbons (Fsp3) is 0.143. The number of rotatable bonds is 4. The predicted octanol–water partition coefficient (Wildman–Crippen LogP) is 3.11. The smallest absolute Gasteiger partial charge is 0.128 e. The molecule has 0 aliphatic heterocycles. The Morgan fingerprint density at radius 2 is 2.05 bits per heavy atom. The molecule has 3 nitrogen and oxygen atoms in total. The second-order valence-electron chi connectivity index (χ2n) is 4.22. The summed E-state index contributed by atoms with van der Waals surface area (Å²) >= 11 is 8.46. The van der Waals surface area contributed by atoms with Crippen molar-refractivity contribution in [3.8, 4) is 0 Å². The number of thiocarbonyl (C=S) groups is 1. The maximum absolute atomic E-state index is 5.55. The van der Waals surface area contributed by atoms with Crippen LogP contribution in [0.2, 0.25) is 0 Å². The van der Waals surface area contributed by atoms with Gasteiger partial charge >= 0.3 is 0 Å². The Labute approximate surface area is 126 Å². The average molecular weight is 336 g/mol. The van der Waals surface area contributed by atoms with E-state index in [0.717, 1.165) is 22.4 Å². The molecule has 0 aliphatic rings. The molecule has 0 saturated heterocycles. The van der Waals surface area contributed by atoms with Crippen LogP contribution in [0.4, 0.5) is 5.82 Å². The molecular weight excluding hydrogens is 322 g/mol. The minimum atomic E-state index is 0.368. The summed E-state index contributed by atoms with van der Waals surface area (Å²) in [5.41, 5.74) is 7.55. The van der Waals surface area contributed by atoms with Gasteiger partial charge in [-0.05, 0) is 23.8 Å². The molecule has 19 heavy (non-hydrogen) atoms. The van der Waals surface area contributed by atoms with Gasteiger partial charge in [-0.25, -0.2) is 4.98 Å². The minimum Gasteiger partial charge on any atom is -0.389 e. The van der Waals surface area contributed by atoms with Crippen LogP contribution in [0.25, 0.3) is 0 Å². The number of anilines is 1. The number of nitrogens with two attached hydrogens (primary N) is 1. The number of aromatic nitrogens is 1. The molecule has 0 spiro atoms. The topological polar surface area (TPSA) is 42.1 Å². The zero-order chi connectivity index (χ0) is 13.8. The Balaban J connectivity index is 2.14. The summed E-state index contributed by atoms with van der Waals surface area (Å²) in [5.74, 6) is 0.885. The van der Waals surface area contributed by atoms with Crippen LogP contribution in [0.1, 0.15) is 11.1 Å². The van der Waals surface area contributed by atoms with E-state index in [-0.39, 0.29) is 0 Å². The molecule has 2 rings (SSSR count). The highest BCUT2D eigenvalue weighted by Gasteiger charge is 2.06. The van der Waals surface area contributed by atoms with E-state index in [4.69, 9.17) is 18.0 Å². The first-order valence-corrected chi connectivity index (χ1v) is 6.98. The van der Waals surface area contributed by atoms with Gasteiger partial charge in [0.25, 0.3) is 0 Å². The van der Waals surface area contributed by atoms with Crippen LogP contribution in [0.5, 0.6) is 0 Å². The van der Waals surface area contributed by atoms with Gasteiger partial charge in [0.2, 0.25) is 0 Å². The molecule has 0 aliphatic carbocycles. The summed E-state index contributed by atoms with van der Waals surface area (Å²) in [6, 6.07) is 12.0. The van der Waals surface area contributed by atoms with Crippen molar-refractivity contribution in [2.24, 2.45) is 5.73 Å². The summed E-state index contributed by atoms with van der Waals surface area (Å²) in [6.07, 6.45) is 1.70. The number of nitrogens with zero attached hydrogens (tertiary/aromatic N) is 2. The summed E-state index contributed by atoms with van der Waals surface area (Å²) in [5, 5.41) is 0. The lowest BCUT2D eigenvalue weighted by Crippen LogP contribution is -2.18. The zero-order valence-electron chi connectivity index (χ0n) is 10.5. The summed E-state index contributed by atoms with van der Waals surface area (Å²) in [7, 11) is 2.00. The van der Waals surface area contributed by atoms with Crippen LogP contribution in [0, 0.1) is 0 Å². The lowest BCUT2D eigenvalue weighted by Gasteiger charge is -2.19. The van der Waals surface area contributed by atoms with Gasteiger partial charge in [0, 0.05) is 29.8 Å². The van der Waals surface area contributed by atoms with Crippen molar-refractivity contribution in [1.82, 2.24) is 4.98 Å². The Hall–Kier alpha value is -1.46. The van der Waals surface area contributed by atoms with E-state index in [1.807, 2.05) is 37.4 Å². The second-order valence-corrected chi connectivity index (χ2v) is 5.51. The third-order valence-electron chi connectivity index (χ3n) is 2.79. The second kappa shape index (κ2) is 6.12. The maximum Gasteiger partial charge on any atom is 0.128 e. The number of pyridine rings is 1. The van der Waals surface area contributed by atoms with Crippen molar-refractivity contribution < 1.29 is 0 Å². The van der Waals surface area contributed by atoms with E-state index >= 15 is 0 Å². The van der Waals surface area contributed by atoms with Crippen LogP contribution in [0.15, 0.2) is 47.1 Å². The molecule has 98 valence electrons. The first-order chi connectivity index (χ1) is 9.08. The van der Waals surface area contributed by atoms with Crippen molar-refractivity contribution in [2.75, 3.05) is 11.9 Å². The molecule has 5 heteroatoms. The van der Waals surface area contributed by atoms with Gasteiger partial charge in [-0.1, -0.05) is 46.3 Å². The average Bonchev–Trinajstić information content (AvgIpc) is 2.41. The first kappa shape index (κ1) is 14.0. The van der Waals surface area contributed by atoms with Gasteiger partial charge in [-0.3, -0.25) is 0 Å². The molecule has 0 bridgehead atoms. The monoisotopic (exact) mass is 335 g/mol. The lowest BCUT2D eigenvalue weighted by atomic mass is 10.2. The predicted molar refractivity (Wildman–Crippen MR) is 86.4 cm³/mol. The molecule has 0 saturated carbocycles.